The van der Waals surface area contributed by atoms with Crippen LogP contribution in [0.25, 0.3) is 0 Å². The number of hydrogen-bond acceptors (Lipinski definition) is 4. The SMILES string of the molecule is CC(=O)CCC(=O)N1CCC(NC(=O)CN)CC1. The van der Waals surface area contributed by atoms with Crippen LogP contribution in [-0.2, 0) is 14.4 Å². The fourth-order valence-corrected chi connectivity index (χ4v) is 2.00. The molecule has 1 aliphatic rings. The highest BCUT2D eigenvalue weighted by molar-refractivity contribution is 5.83. The molecule has 1 saturated heterocycles. The molecule has 1 fully saturated rings. The number of Topliss-reactive ketones (excluding diaryl/α,β-unsaturated/α-hetero) is 1. The fraction of sp³-hybridized carbons (Fsp3) is 0.750. The first-order valence-electron chi connectivity index (χ1n) is 6.29. The summed E-state index contributed by atoms with van der Waals surface area (Å²) in [6, 6.07) is 0.109. The van der Waals surface area contributed by atoms with E-state index in [2.05, 4.69) is 5.32 Å². The van der Waals surface area contributed by atoms with E-state index in [0.29, 0.717) is 19.5 Å². The van der Waals surface area contributed by atoms with Crippen molar-refractivity contribution in [2.75, 3.05) is 19.6 Å². The molecule has 0 spiro atoms. The van der Waals surface area contributed by atoms with Crippen LogP contribution in [0.5, 0.6) is 0 Å². The number of amides is 2. The molecule has 0 saturated carbocycles. The van der Waals surface area contributed by atoms with Crippen molar-refractivity contribution < 1.29 is 14.4 Å². The summed E-state index contributed by atoms with van der Waals surface area (Å²) < 4.78 is 0. The van der Waals surface area contributed by atoms with Gasteiger partial charge >= 0.3 is 0 Å². The average Bonchev–Trinajstić information content (AvgIpc) is 2.36. The number of likely N-dealkylation sites (tertiary alicyclic amines) is 1. The molecule has 1 heterocycles. The molecule has 0 aromatic carbocycles. The van der Waals surface area contributed by atoms with Gasteiger partial charge in [0.1, 0.15) is 5.78 Å². The second kappa shape index (κ2) is 7.10. The van der Waals surface area contributed by atoms with Crippen molar-refractivity contribution in [3.63, 3.8) is 0 Å². The third-order valence-corrected chi connectivity index (χ3v) is 3.09. The Bertz CT molecular complexity index is 323. The maximum atomic E-state index is 11.8. The number of nitrogens with one attached hydrogen (secondary N) is 1. The minimum absolute atomic E-state index is 0.00223. The molecule has 0 radical (unpaired) electrons. The van der Waals surface area contributed by atoms with E-state index in [4.69, 9.17) is 5.73 Å². The summed E-state index contributed by atoms with van der Waals surface area (Å²) in [4.78, 5) is 35.4. The fourth-order valence-electron chi connectivity index (χ4n) is 2.00. The Hall–Kier alpha value is -1.43. The zero-order valence-corrected chi connectivity index (χ0v) is 10.8. The minimum Gasteiger partial charge on any atom is -0.352 e. The third kappa shape index (κ3) is 4.83. The van der Waals surface area contributed by atoms with E-state index in [1.54, 1.807) is 4.90 Å². The largest absolute Gasteiger partial charge is 0.352 e. The quantitative estimate of drug-likeness (QED) is 0.687. The van der Waals surface area contributed by atoms with Crippen LogP contribution in [0.2, 0.25) is 0 Å². The van der Waals surface area contributed by atoms with E-state index in [-0.39, 0.29) is 36.6 Å². The second-order valence-corrected chi connectivity index (χ2v) is 4.63. The van der Waals surface area contributed by atoms with Gasteiger partial charge in [-0.3, -0.25) is 9.59 Å². The maximum Gasteiger partial charge on any atom is 0.233 e. The molecule has 3 N–H and O–H groups in total. The number of rotatable bonds is 5. The number of nitrogens with two attached hydrogens (primary N) is 1. The molecular formula is C12H21N3O3. The minimum atomic E-state index is -0.156. The number of nitrogens with zero attached hydrogens (tertiary/aromatic N) is 1. The summed E-state index contributed by atoms with van der Waals surface area (Å²) in [6.45, 7) is 2.75. The number of ketones is 1. The molecule has 6 heteroatoms. The lowest BCUT2D eigenvalue weighted by atomic mass is 10.0. The molecule has 2 amide bonds. The lowest BCUT2D eigenvalue weighted by Gasteiger charge is -2.32. The number of carbonyl (C=O) groups excluding carboxylic acids is 3. The summed E-state index contributed by atoms with van der Waals surface area (Å²) in [5.41, 5.74) is 5.22. The first-order chi connectivity index (χ1) is 8.52. The highest BCUT2D eigenvalue weighted by atomic mass is 16.2. The van der Waals surface area contributed by atoms with E-state index in [1.165, 1.54) is 6.92 Å². The van der Waals surface area contributed by atoms with Crippen LogP contribution in [0.15, 0.2) is 0 Å². The number of hydrogen-bond donors (Lipinski definition) is 2. The van der Waals surface area contributed by atoms with Gasteiger partial charge in [-0.2, -0.15) is 0 Å². The first-order valence-corrected chi connectivity index (χ1v) is 6.29. The Morgan fingerprint density at radius 1 is 1.22 bits per heavy atom. The predicted molar refractivity (Wildman–Crippen MR) is 66.7 cm³/mol. The molecule has 1 rings (SSSR count). The standard InChI is InChI=1S/C12H21N3O3/c1-9(16)2-3-12(18)15-6-4-10(5-7-15)14-11(17)8-13/h10H,2-8,13H2,1H3,(H,14,17). The summed E-state index contributed by atoms with van der Waals surface area (Å²) >= 11 is 0. The first kappa shape index (κ1) is 14.6. The van der Waals surface area contributed by atoms with Gasteiger partial charge in [0.2, 0.25) is 11.8 Å². The molecule has 102 valence electrons. The molecule has 18 heavy (non-hydrogen) atoms. The van der Waals surface area contributed by atoms with Crippen LogP contribution in [0.4, 0.5) is 0 Å². The molecular weight excluding hydrogens is 234 g/mol. The molecule has 0 atom stereocenters. The van der Waals surface area contributed by atoms with Gasteiger partial charge in [0, 0.05) is 32.0 Å². The van der Waals surface area contributed by atoms with Crippen molar-refractivity contribution in [1.82, 2.24) is 10.2 Å². The highest BCUT2D eigenvalue weighted by Gasteiger charge is 2.23. The molecule has 0 unspecified atom stereocenters. The Morgan fingerprint density at radius 2 is 1.83 bits per heavy atom. The van der Waals surface area contributed by atoms with Crippen LogP contribution >= 0.6 is 0 Å². The normalized spacial score (nSPS) is 16.4. The molecule has 1 aliphatic heterocycles. The number of carbonyl (C=O) groups is 3. The molecule has 6 nitrogen and oxygen atoms in total. The Morgan fingerprint density at radius 3 is 2.33 bits per heavy atom. The lowest BCUT2D eigenvalue weighted by molar-refractivity contribution is -0.134. The maximum absolute atomic E-state index is 11.8. The topological polar surface area (TPSA) is 92.5 Å². The molecule has 0 aliphatic carbocycles. The van der Waals surface area contributed by atoms with Crippen molar-refractivity contribution in [2.24, 2.45) is 5.73 Å². The van der Waals surface area contributed by atoms with Gasteiger partial charge in [-0.1, -0.05) is 0 Å². The smallest absolute Gasteiger partial charge is 0.233 e. The summed E-state index contributed by atoms with van der Waals surface area (Å²) in [5.74, 6) is -0.0985. The third-order valence-electron chi connectivity index (χ3n) is 3.09. The van der Waals surface area contributed by atoms with Crippen LogP contribution in [0.3, 0.4) is 0 Å². The summed E-state index contributed by atoms with van der Waals surface area (Å²) in [5, 5.41) is 2.82. The van der Waals surface area contributed by atoms with Crippen molar-refractivity contribution in [3.05, 3.63) is 0 Å². The molecule has 0 bridgehead atoms. The van der Waals surface area contributed by atoms with Gasteiger partial charge in [-0.05, 0) is 19.8 Å². The van der Waals surface area contributed by atoms with E-state index < -0.39 is 0 Å². The van der Waals surface area contributed by atoms with Crippen molar-refractivity contribution in [3.8, 4) is 0 Å². The van der Waals surface area contributed by atoms with Gasteiger partial charge in [-0.25, -0.2) is 0 Å². The van der Waals surface area contributed by atoms with Crippen LogP contribution in [-0.4, -0.2) is 48.2 Å². The zero-order chi connectivity index (χ0) is 13.5. The van der Waals surface area contributed by atoms with E-state index >= 15 is 0 Å². The summed E-state index contributed by atoms with van der Waals surface area (Å²) in [6.07, 6.45) is 2.09. The Balaban J connectivity index is 2.28. The van der Waals surface area contributed by atoms with Crippen LogP contribution in [0.1, 0.15) is 32.6 Å². The van der Waals surface area contributed by atoms with Crippen molar-refractivity contribution in [1.29, 1.82) is 0 Å². The number of piperidine rings is 1. The second-order valence-electron chi connectivity index (χ2n) is 4.63. The van der Waals surface area contributed by atoms with E-state index in [9.17, 15) is 14.4 Å². The molecule has 0 aromatic rings. The van der Waals surface area contributed by atoms with Crippen LogP contribution < -0.4 is 11.1 Å². The van der Waals surface area contributed by atoms with Gasteiger partial charge in [0.15, 0.2) is 0 Å². The van der Waals surface area contributed by atoms with Gasteiger partial charge in [0.25, 0.3) is 0 Å². The van der Waals surface area contributed by atoms with Gasteiger partial charge in [-0.15, -0.1) is 0 Å². The zero-order valence-electron chi connectivity index (χ0n) is 10.8. The Labute approximate surface area is 107 Å². The van der Waals surface area contributed by atoms with E-state index in [0.717, 1.165) is 12.8 Å². The van der Waals surface area contributed by atoms with Crippen LogP contribution in [0, 0.1) is 0 Å². The van der Waals surface area contributed by atoms with Gasteiger partial charge in [0.05, 0.1) is 6.54 Å². The predicted octanol–water partition coefficient (Wildman–Crippen LogP) is -0.578. The summed E-state index contributed by atoms with van der Waals surface area (Å²) in [7, 11) is 0. The average molecular weight is 255 g/mol. The van der Waals surface area contributed by atoms with Gasteiger partial charge < -0.3 is 20.7 Å². The van der Waals surface area contributed by atoms with E-state index in [1.807, 2.05) is 0 Å². The monoisotopic (exact) mass is 255 g/mol. The van der Waals surface area contributed by atoms with Crippen molar-refractivity contribution in [2.45, 2.75) is 38.6 Å². The Kier molecular flexibility index (Phi) is 5.77. The highest BCUT2D eigenvalue weighted by Crippen LogP contribution is 2.12. The molecule has 0 aromatic heterocycles. The van der Waals surface area contributed by atoms with Crippen molar-refractivity contribution >= 4 is 17.6 Å². The lowest BCUT2D eigenvalue weighted by Crippen LogP contribution is -2.47.